The van der Waals surface area contributed by atoms with Gasteiger partial charge in [0.05, 0.1) is 13.2 Å². The molecule has 0 unspecified atom stereocenters. The van der Waals surface area contributed by atoms with Crippen molar-refractivity contribution < 1.29 is 15.3 Å². The number of rotatable bonds is 4. The fourth-order valence-corrected chi connectivity index (χ4v) is 1.36. The Morgan fingerprint density at radius 1 is 1.14 bits per heavy atom. The van der Waals surface area contributed by atoms with Crippen LogP contribution in [0.4, 0.5) is 0 Å². The van der Waals surface area contributed by atoms with E-state index in [4.69, 9.17) is 10.2 Å². The smallest absolute Gasteiger partial charge is 0.124 e. The van der Waals surface area contributed by atoms with Gasteiger partial charge in [-0.25, -0.2) is 0 Å². The van der Waals surface area contributed by atoms with Gasteiger partial charge in [0, 0.05) is 5.56 Å². The molecular formula is C11H14O3. The maximum atomic E-state index is 9.65. The summed E-state index contributed by atoms with van der Waals surface area (Å²) in [6.07, 6.45) is 2.18. The van der Waals surface area contributed by atoms with Crippen molar-refractivity contribution >= 4 is 0 Å². The van der Waals surface area contributed by atoms with Crippen LogP contribution in [0, 0.1) is 0 Å². The van der Waals surface area contributed by atoms with Crippen LogP contribution in [0.1, 0.15) is 16.7 Å². The van der Waals surface area contributed by atoms with Gasteiger partial charge < -0.3 is 15.3 Å². The van der Waals surface area contributed by atoms with Gasteiger partial charge in [-0.3, -0.25) is 0 Å². The molecule has 0 bridgehead atoms. The third-order valence-electron chi connectivity index (χ3n) is 2.04. The molecule has 0 radical (unpaired) electrons. The average molecular weight is 194 g/mol. The first-order chi connectivity index (χ1) is 6.72. The van der Waals surface area contributed by atoms with Crippen molar-refractivity contribution in [2.45, 2.75) is 19.6 Å². The first-order valence-corrected chi connectivity index (χ1v) is 4.39. The van der Waals surface area contributed by atoms with E-state index >= 15 is 0 Å². The summed E-state index contributed by atoms with van der Waals surface area (Å²) in [5.74, 6) is 0.0876. The zero-order chi connectivity index (χ0) is 10.6. The van der Waals surface area contributed by atoms with Crippen LogP contribution in [0.3, 0.4) is 0 Å². The number of aliphatic hydroxyl groups is 2. The van der Waals surface area contributed by atoms with Gasteiger partial charge in [0.25, 0.3) is 0 Å². The van der Waals surface area contributed by atoms with Crippen LogP contribution in [0.5, 0.6) is 5.75 Å². The summed E-state index contributed by atoms with van der Waals surface area (Å²) >= 11 is 0. The topological polar surface area (TPSA) is 60.7 Å². The molecular weight excluding hydrogens is 180 g/mol. The van der Waals surface area contributed by atoms with Gasteiger partial charge in [0.1, 0.15) is 5.75 Å². The van der Waals surface area contributed by atoms with E-state index < -0.39 is 0 Å². The van der Waals surface area contributed by atoms with Crippen molar-refractivity contribution in [1.29, 1.82) is 0 Å². The second-order valence-electron chi connectivity index (χ2n) is 3.07. The SMILES string of the molecule is C=CCc1cc(CO)cc(CO)c1O. The van der Waals surface area contributed by atoms with Crippen LogP contribution in [0.25, 0.3) is 0 Å². The number of allylic oxidation sites excluding steroid dienone is 1. The fraction of sp³-hybridized carbons (Fsp3) is 0.273. The summed E-state index contributed by atoms with van der Waals surface area (Å²) in [6, 6.07) is 3.29. The standard InChI is InChI=1S/C11H14O3/c1-2-3-9-4-8(6-12)5-10(7-13)11(9)14/h2,4-5,12-14H,1,3,6-7H2. The highest BCUT2D eigenvalue weighted by molar-refractivity contribution is 5.44. The first-order valence-electron chi connectivity index (χ1n) is 4.39. The highest BCUT2D eigenvalue weighted by atomic mass is 16.3. The minimum absolute atomic E-state index is 0.0876. The number of hydrogen-bond acceptors (Lipinski definition) is 3. The van der Waals surface area contributed by atoms with Crippen molar-refractivity contribution in [3.8, 4) is 5.75 Å². The van der Waals surface area contributed by atoms with E-state index in [0.29, 0.717) is 23.1 Å². The van der Waals surface area contributed by atoms with Crippen LogP contribution in [0.15, 0.2) is 24.8 Å². The minimum Gasteiger partial charge on any atom is -0.507 e. The summed E-state index contributed by atoms with van der Waals surface area (Å²) in [5, 5.41) is 27.6. The van der Waals surface area contributed by atoms with Gasteiger partial charge in [0.2, 0.25) is 0 Å². The van der Waals surface area contributed by atoms with E-state index in [2.05, 4.69) is 6.58 Å². The lowest BCUT2D eigenvalue weighted by Gasteiger charge is -2.09. The van der Waals surface area contributed by atoms with Gasteiger partial charge >= 0.3 is 0 Å². The molecule has 0 atom stereocenters. The average Bonchev–Trinajstić information content (AvgIpc) is 2.21. The number of aliphatic hydroxyl groups excluding tert-OH is 2. The zero-order valence-electron chi connectivity index (χ0n) is 7.90. The lowest BCUT2D eigenvalue weighted by atomic mass is 10.0. The number of benzene rings is 1. The molecule has 0 heterocycles. The van der Waals surface area contributed by atoms with Crippen LogP contribution >= 0.6 is 0 Å². The Morgan fingerprint density at radius 3 is 2.29 bits per heavy atom. The monoisotopic (exact) mass is 194 g/mol. The lowest BCUT2D eigenvalue weighted by Crippen LogP contribution is -1.94. The molecule has 0 aliphatic carbocycles. The van der Waals surface area contributed by atoms with Crippen LogP contribution < -0.4 is 0 Å². The highest BCUT2D eigenvalue weighted by Crippen LogP contribution is 2.25. The second-order valence-corrected chi connectivity index (χ2v) is 3.07. The molecule has 1 aromatic rings. The van der Waals surface area contributed by atoms with Crippen molar-refractivity contribution in [3.05, 3.63) is 41.5 Å². The molecule has 0 amide bonds. The maximum absolute atomic E-state index is 9.65. The Hall–Kier alpha value is -1.32. The molecule has 76 valence electrons. The molecule has 3 N–H and O–H groups in total. The van der Waals surface area contributed by atoms with Crippen molar-refractivity contribution in [2.75, 3.05) is 0 Å². The Labute approximate surface area is 82.9 Å². The van der Waals surface area contributed by atoms with Crippen molar-refractivity contribution in [2.24, 2.45) is 0 Å². The van der Waals surface area contributed by atoms with Gasteiger partial charge in [0.15, 0.2) is 0 Å². The summed E-state index contributed by atoms with van der Waals surface area (Å²) in [4.78, 5) is 0. The summed E-state index contributed by atoms with van der Waals surface area (Å²) < 4.78 is 0. The van der Waals surface area contributed by atoms with E-state index in [9.17, 15) is 5.11 Å². The Morgan fingerprint density at radius 2 is 1.79 bits per heavy atom. The van der Waals surface area contributed by atoms with Crippen LogP contribution in [-0.4, -0.2) is 15.3 Å². The third-order valence-corrected chi connectivity index (χ3v) is 2.04. The van der Waals surface area contributed by atoms with Crippen LogP contribution in [-0.2, 0) is 19.6 Å². The first kappa shape index (κ1) is 10.8. The predicted molar refractivity (Wildman–Crippen MR) is 53.9 cm³/mol. The Kier molecular flexibility index (Phi) is 3.68. The molecule has 1 rings (SSSR count). The second kappa shape index (κ2) is 4.79. The van der Waals surface area contributed by atoms with E-state index in [1.165, 1.54) is 0 Å². The van der Waals surface area contributed by atoms with Gasteiger partial charge in [-0.2, -0.15) is 0 Å². The van der Waals surface area contributed by atoms with Gasteiger partial charge in [-0.15, -0.1) is 6.58 Å². The van der Waals surface area contributed by atoms with E-state index in [-0.39, 0.29) is 19.0 Å². The molecule has 1 aromatic carbocycles. The molecule has 0 spiro atoms. The summed E-state index contributed by atoms with van der Waals surface area (Å²) in [6.45, 7) is 3.24. The molecule has 3 nitrogen and oxygen atoms in total. The summed E-state index contributed by atoms with van der Waals surface area (Å²) in [7, 11) is 0. The number of aromatic hydroxyl groups is 1. The van der Waals surface area contributed by atoms with Gasteiger partial charge in [-0.1, -0.05) is 6.08 Å². The lowest BCUT2D eigenvalue weighted by molar-refractivity contribution is 0.270. The molecule has 0 saturated carbocycles. The zero-order valence-corrected chi connectivity index (χ0v) is 7.90. The summed E-state index contributed by atoms with van der Waals surface area (Å²) in [5.41, 5.74) is 1.80. The molecule has 0 fully saturated rings. The highest BCUT2D eigenvalue weighted by Gasteiger charge is 2.07. The number of phenols is 1. The molecule has 3 heteroatoms. The Balaban J connectivity index is 3.19. The predicted octanol–water partition coefficient (Wildman–Crippen LogP) is 1.11. The van der Waals surface area contributed by atoms with Crippen LogP contribution in [0.2, 0.25) is 0 Å². The van der Waals surface area contributed by atoms with Crippen molar-refractivity contribution in [3.63, 3.8) is 0 Å². The largest absolute Gasteiger partial charge is 0.507 e. The van der Waals surface area contributed by atoms with E-state index in [0.717, 1.165) is 0 Å². The quantitative estimate of drug-likeness (QED) is 0.629. The molecule has 0 aliphatic rings. The van der Waals surface area contributed by atoms with Gasteiger partial charge in [-0.05, 0) is 29.7 Å². The fourth-order valence-electron chi connectivity index (χ4n) is 1.36. The molecule has 14 heavy (non-hydrogen) atoms. The molecule has 0 aromatic heterocycles. The molecule has 0 aliphatic heterocycles. The van der Waals surface area contributed by atoms with E-state index in [1.807, 2.05) is 0 Å². The maximum Gasteiger partial charge on any atom is 0.124 e. The normalized spacial score (nSPS) is 10.1. The van der Waals surface area contributed by atoms with Crippen molar-refractivity contribution in [1.82, 2.24) is 0 Å². The minimum atomic E-state index is -0.232. The van der Waals surface area contributed by atoms with E-state index in [1.54, 1.807) is 18.2 Å². The molecule has 0 saturated heterocycles. The number of hydrogen-bond donors (Lipinski definition) is 3. The third kappa shape index (κ3) is 2.13. The Bertz CT molecular complexity index is 332.